The predicted octanol–water partition coefficient (Wildman–Crippen LogP) is -0.121. The highest BCUT2D eigenvalue weighted by Crippen LogP contribution is 2.30. The summed E-state index contributed by atoms with van der Waals surface area (Å²) in [6.07, 6.45) is 0. The largest absolute Gasteiger partial charge is 0.493 e. The molecule has 1 aromatic rings. The van der Waals surface area contributed by atoms with Crippen LogP contribution in [0.4, 0.5) is 0 Å². The van der Waals surface area contributed by atoms with E-state index < -0.39 is 24.5 Å². The van der Waals surface area contributed by atoms with Crippen LogP contribution in [0.1, 0.15) is 10.4 Å². The summed E-state index contributed by atoms with van der Waals surface area (Å²) in [5, 5.41) is 19.8. The van der Waals surface area contributed by atoms with Gasteiger partial charge in [-0.25, -0.2) is 4.79 Å². The summed E-state index contributed by atoms with van der Waals surface area (Å²) < 4.78 is 10.1. The molecule has 0 saturated carbocycles. The number of para-hydroxylation sites is 1. The molecule has 0 aliphatic carbocycles. The van der Waals surface area contributed by atoms with E-state index in [9.17, 15) is 9.59 Å². The van der Waals surface area contributed by atoms with E-state index in [1.165, 1.54) is 20.3 Å². The molecule has 1 rings (SSSR count). The van der Waals surface area contributed by atoms with Crippen molar-refractivity contribution in [1.82, 2.24) is 5.32 Å². The molecule has 0 spiro atoms. The summed E-state index contributed by atoms with van der Waals surface area (Å²) in [5.41, 5.74) is 0.126. The van der Waals surface area contributed by atoms with Gasteiger partial charge in [-0.2, -0.15) is 0 Å². The second kappa shape index (κ2) is 6.60. The number of benzene rings is 1. The van der Waals surface area contributed by atoms with Gasteiger partial charge in [-0.05, 0) is 12.1 Å². The monoisotopic (exact) mass is 269 g/mol. The fourth-order valence-corrected chi connectivity index (χ4v) is 1.49. The zero-order valence-electron chi connectivity index (χ0n) is 10.5. The Kier molecular flexibility index (Phi) is 5.13. The number of methoxy groups -OCH3 is 2. The number of hydrogen-bond acceptors (Lipinski definition) is 5. The molecule has 0 aromatic heterocycles. The summed E-state index contributed by atoms with van der Waals surface area (Å²) >= 11 is 0. The quantitative estimate of drug-likeness (QED) is 0.665. The van der Waals surface area contributed by atoms with E-state index in [0.29, 0.717) is 5.75 Å². The molecular formula is C12H15NO6. The number of nitrogens with one attached hydrogen (secondary N) is 1. The third kappa shape index (κ3) is 3.35. The zero-order chi connectivity index (χ0) is 14.4. The number of aliphatic hydroxyl groups excluding tert-OH is 1. The van der Waals surface area contributed by atoms with Crippen LogP contribution >= 0.6 is 0 Å². The number of carboxylic acid groups (broad SMARTS) is 1. The van der Waals surface area contributed by atoms with Crippen LogP contribution in [-0.2, 0) is 4.79 Å². The van der Waals surface area contributed by atoms with Crippen molar-refractivity contribution >= 4 is 11.9 Å². The fraction of sp³-hybridized carbons (Fsp3) is 0.333. The Bertz CT molecular complexity index is 473. The highest BCUT2D eigenvalue weighted by atomic mass is 16.5. The van der Waals surface area contributed by atoms with Crippen LogP contribution in [0.5, 0.6) is 11.5 Å². The second-order valence-corrected chi connectivity index (χ2v) is 3.59. The molecule has 0 radical (unpaired) electrons. The number of carboxylic acids is 1. The zero-order valence-corrected chi connectivity index (χ0v) is 10.5. The Morgan fingerprint density at radius 2 is 2.00 bits per heavy atom. The van der Waals surface area contributed by atoms with Gasteiger partial charge in [0.05, 0.1) is 26.4 Å². The average molecular weight is 269 g/mol. The van der Waals surface area contributed by atoms with E-state index in [2.05, 4.69) is 5.32 Å². The predicted molar refractivity (Wildman–Crippen MR) is 65.5 cm³/mol. The maximum Gasteiger partial charge on any atom is 0.328 e. The normalized spacial score (nSPS) is 11.5. The Balaban J connectivity index is 3.02. The second-order valence-electron chi connectivity index (χ2n) is 3.59. The first-order valence-corrected chi connectivity index (χ1v) is 5.40. The maximum atomic E-state index is 11.9. The standard InChI is InChI=1S/C12H15NO6/c1-18-9-5-3-4-7(10(9)19-2)11(15)13-8(6-14)12(16)17/h3-5,8,14H,6H2,1-2H3,(H,13,15)(H,16,17). The van der Waals surface area contributed by atoms with Crippen LogP contribution < -0.4 is 14.8 Å². The molecule has 19 heavy (non-hydrogen) atoms. The minimum absolute atomic E-state index is 0.126. The third-order valence-electron chi connectivity index (χ3n) is 2.43. The Morgan fingerprint density at radius 1 is 1.32 bits per heavy atom. The van der Waals surface area contributed by atoms with Crippen molar-refractivity contribution in [3.63, 3.8) is 0 Å². The highest BCUT2D eigenvalue weighted by molar-refractivity contribution is 5.99. The van der Waals surface area contributed by atoms with Crippen molar-refractivity contribution in [3.8, 4) is 11.5 Å². The molecule has 7 nitrogen and oxygen atoms in total. The summed E-state index contributed by atoms with van der Waals surface area (Å²) in [5.74, 6) is -1.44. The first-order valence-electron chi connectivity index (χ1n) is 5.40. The van der Waals surface area contributed by atoms with Crippen LogP contribution in [0.15, 0.2) is 18.2 Å². The van der Waals surface area contributed by atoms with Gasteiger partial charge in [0.25, 0.3) is 5.91 Å². The van der Waals surface area contributed by atoms with E-state index in [-0.39, 0.29) is 11.3 Å². The molecule has 3 N–H and O–H groups in total. The van der Waals surface area contributed by atoms with Crippen LogP contribution in [0, 0.1) is 0 Å². The number of aliphatic carboxylic acids is 1. The first-order chi connectivity index (χ1) is 9.04. The van der Waals surface area contributed by atoms with E-state index in [1.54, 1.807) is 12.1 Å². The van der Waals surface area contributed by atoms with Crippen molar-refractivity contribution in [3.05, 3.63) is 23.8 Å². The molecule has 1 atom stereocenters. The molecule has 1 aromatic carbocycles. The molecule has 1 amide bonds. The van der Waals surface area contributed by atoms with Crippen LogP contribution in [0.3, 0.4) is 0 Å². The third-order valence-corrected chi connectivity index (χ3v) is 2.43. The lowest BCUT2D eigenvalue weighted by atomic mass is 10.1. The lowest BCUT2D eigenvalue weighted by Gasteiger charge is -2.15. The summed E-state index contributed by atoms with van der Waals surface area (Å²) in [6.45, 7) is -0.701. The van der Waals surface area contributed by atoms with E-state index >= 15 is 0 Å². The molecule has 0 aliphatic heterocycles. The molecule has 0 aliphatic rings. The topological polar surface area (TPSA) is 105 Å². The van der Waals surface area contributed by atoms with Crippen molar-refractivity contribution < 1.29 is 29.3 Å². The SMILES string of the molecule is COc1cccc(C(=O)NC(CO)C(=O)O)c1OC. The van der Waals surface area contributed by atoms with Crippen molar-refractivity contribution in [2.45, 2.75) is 6.04 Å². The van der Waals surface area contributed by atoms with Gasteiger partial charge in [-0.15, -0.1) is 0 Å². The van der Waals surface area contributed by atoms with E-state index in [4.69, 9.17) is 19.7 Å². The molecule has 1 unspecified atom stereocenters. The lowest BCUT2D eigenvalue weighted by Crippen LogP contribution is -2.43. The minimum Gasteiger partial charge on any atom is -0.493 e. The van der Waals surface area contributed by atoms with Gasteiger partial charge < -0.3 is 25.0 Å². The van der Waals surface area contributed by atoms with Crippen LogP contribution in [0.2, 0.25) is 0 Å². The molecule has 104 valence electrons. The Labute approximate surface area is 109 Å². The molecule has 0 bridgehead atoms. The van der Waals surface area contributed by atoms with Crippen molar-refractivity contribution in [1.29, 1.82) is 0 Å². The molecule has 0 fully saturated rings. The van der Waals surface area contributed by atoms with Gasteiger partial charge in [-0.3, -0.25) is 4.79 Å². The van der Waals surface area contributed by atoms with Gasteiger partial charge in [-0.1, -0.05) is 6.07 Å². The smallest absolute Gasteiger partial charge is 0.328 e. The van der Waals surface area contributed by atoms with Gasteiger partial charge in [0.15, 0.2) is 17.5 Å². The highest BCUT2D eigenvalue weighted by Gasteiger charge is 2.22. The first kappa shape index (κ1) is 14.8. The maximum absolute atomic E-state index is 11.9. The molecule has 7 heteroatoms. The number of amides is 1. The van der Waals surface area contributed by atoms with E-state index in [0.717, 1.165) is 0 Å². The minimum atomic E-state index is -1.37. The summed E-state index contributed by atoms with van der Waals surface area (Å²) in [7, 11) is 2.79. The van der Waals surface area contributed by atoms with Crippen LogP contribution in [-0.4, -0.2) is 49.0 Å². The number of carbonyl (C=O) groups excluding carboxylic acids is 1. The lowest BCUT2D eigenvalue weighted by molar-refractivity contribution is -0.140. The van der Waals surface area contributed by atoms with Crippen molar-refractivity contribution in [2.24, 2.45) is 0 Å². The van der Waals surface area contributed by atoms with Gasteiger partial charge in [0, 0.05) is 0 Å². The van der Waals surface area contributed by atoms with E-state index in [1.807, 2.05) is 0 Å². The number of hydrogen-bond donors (Lipinski definition) is 3. The number of aliphatic hydroxyl groups is 1. The van der Waals surface area contributed by atoms with Crippen molar-refractivity contribution in [2.75, 3.05) is 20.8 Å². The van der Waals surface area contributed by atoms with Crippen LogP contribution in [0.25, 0.3) is 0 Å². The number of rotatable bonds is 6. The molecular weight excluding hydrogens is 254 g/mol. The Hall–Kier alpha value is -2.28. The average Bonchev–Trinajstić information content (AvgIpc) is 2.42. The Morgan fingerprint density at radius 3 is 2.47 bits per heavy atom. The number of ether oxygens (including phenoxy) is 2. The van der Waals surface area contributed by atoms with Gasteiger partial charge in [0.2, 0.25) is 0 Å². The fourth-order valence-electron chi connectivity index (χ4n) is 1.49. The number of carbonyl (C=O) groups is 2. The molecule has 0 heterocycles. The summed E-state index contributed by atoms with van der Waals surface area (Å²) in [6, 6.07) is 3.28. The summed E-state index contributed by atoms with van der Waals surface area (Å²) in [4.78, 5) is 22.7. The van der Waals surface area contributed by atoms with Gasteiger partial charge in [0.1, 0.15) is 0 Å². The molecule has 0 saturated heterocycles. The van der Waals surface area contributed by atoms with Gasteiger partial charge >= 0.3 is 5.97 Å².